The van der Waals surface area contributed by atoms with Crippen molar-refractivity contribution in [1.29, 1.82) is 0 Å². The summed E-state index contributed by atoms with van der Waals surface area (Å²) in [7, 11) is 0. The molecule has 0 aliphatic heterocycles. The molecule has 0 aromatic carbocycles. The van der Waals surface area contributed by atoms with Gasteiger partial charge in [0.1, 0.15) is 31.1 Å². The number of carbonyl (C=O) groups excluding carboxylic acids is 3. The van der Waals surface area contributed by atoms with Crippen molar-refractivity contribution in [3.05, 3.63) is 11.6 Å². The quantitative estimate of drug-likeness (QED) is 0.0117. The third kappa shape index (κ3) is 44.3. The SMILES string of the molecule is CC(C)CCCC(C)C1CCC2C3CC=C4CC(OC(=O)N(CCCN)CCCCNCCCN)CCC4(C)C3CCC12C.CC(C)CCCC(C)C1CCC2C3CCC4CC(OC(=O)NC(CO)[C@@H](O)N(CCCN)CCCCCCCCN)CCC4(C)C3CCC12C.CCCCCCCCCCCCOCC(COC(=O)N(CCCN)CCCCNCCCN)OCCCCCCCCCCCC. The lowest BCUT2D eigenvalue weighted by Gasteiger charge is -2.61. The molecule has 7 fully saturated rings. The Labute approximate surface area is 860 Å². The first-order valence-corrected chi connectivity index (χ1v) is 60.2. The van der Waals surface area contributed by atoms with Gasteiger partial charge in [-0.1, -0.05) is 275 Å². The number of alkyl carbamates (subject to hydrolysis) is 1. The summed E-state index contributed by atoms with van der Waals surface area (Å²) in [5.41, 5.74) is 37.4. The van der Waals surface area contributed by atoms with Crippen molar-refractivity contribution in [2.75, 3.05) is 138 Å². The molecule has 8 aliphatic rings. The van der Waals surface area contributed by atoms with E-state index in [-0.39, 0.29) is 49.1 Å². The Balaban J connectivity index is 0.000000323. The van der Waals surface area contributed by atoms with Crippen molar-refractivity contribution in [2.24, 2.45) is 133 Å². The molecule has 0 saturated heterocycles. The zero-order valence-electron chi connectivity index (χ0n) is 93.3. The van der Waals surface area contributed by atoms with E-state index in [4.69, 9.17) is 58.1 Å². The van der Waals surface area contributed by atoms with E-state index in [1.165, 1.54) is 231 Å². The fraction of sp³-hybridized carbons (Fsp3) is 0.958. The average molecular weight is 1980 g/mol. The number of unbranched alkanes of at least 4 members (excludes halogenated alkanes) is 25. The van der Waals surface area contributed by atoms with Gasteiger partial charge in [0.05, 0.1) is 19.3 Å². The molecule has 19 unspecified atom stereocenters. The van der Waals surface area contributed by atoms with Crippen molar-refractivity contribution >= 4 is 18.3 Å². The maximum atomic E-state index is 13.3. The fourth-order valence-corrected chi connectivity index (χ4v) is 28.1. The van der Waals surface area contributed by atoms with Gasteiger partial charge in [0, 0.05) is 58.9 Å². The van der Waals surface area contributed by atoms with E-state index in [0.29, 0.717) is 94.3 Å². The standard InChI is InChI=1S/C42H80N4O4.C38H80N4O4.C38H70N4O2/c1-30(2)14-12-15-31(3)35-18-19-36-34-17-16-32-28-33(20-22-41(32,4)37(34)21-23-42(35,36)5)50-40(49)45-38(29-47)39(48)46(27-13-25-44)26-11-9-7-6-8-10-24-43;1-3-5-7-9-11-13-15-17-19-23-33-44-35-37(45-34-24-20-18-16-14-12-10-8-6-4-2)36-46-38(43)42(32-26-28-40)31-22-21-29-41-30-25-27-39;1-28(2)11-8-12-29(3)33-15-16-34-32-14-13-30-27-31(17-19-37(30,4)35(32)18-20-38(33,34)5)44-36(43)42(26-10-22-40)25-7-6-23-41-24-9-21-39/h30-39,47-48H,6-29,43-44H2,1-5H3,(H,45,49);37,41H,3-36,39-40H2,1-2H3;13,28-29,31-35,41H,6-12,14-27,39-40H2,1-5H3/t31?,32?,33?,34?,35?,36?,37?,38?,39-,41?,42?;;/m1../s1. The van der Waals surface area contributed by atoms with Crippen LogP contribution in [-0.4, -0.2) is 212 Å². The predicted molar refractivity (Wildman–Crippen MR) is 586 cm³/mol. The van der Waals surface area contributed by atoms with E-state index < -0.39 is 18.4 Å². The van der Waals surface area contributed by atoms with E-state index >= 15 is 0 Å². The molecule has 22 heteroatoms. The average Bonchev–Trinajstić information content (AvgIpc) is 1.58. The number of carbonyl (C=O) groups is 3. The second kappa shape index (κ2) is 73.2. The second-order valence-electron chi connectivity index (χ2n) is 47.9. The number of hydrogen-bond donors (Lipinski definition) is 11. The topological polar surface area (TPSA) is 340 Å². The third-order valence-corrected chi connectivity index (χ3v) is 36.6. The van der Waals surface area contributed by atoms with Gasteiger partial charge < -0.3 is 94.0 Å². The van der Waals surface area contributed by atoms with Crippen molar-refractivity contribution in [1.82, 2.24) is 30.7 Å². The van der Waals surface area contributed by atoms with Crippen LogP contribution in [0.25, 0.3) is 0 Å². The summed E-state index contributed by atoms with van der Waals surface area (Å²) >= 11 is 0. The number of aliphatic hydroxyl groups is 2. The summed E-state index contributed by atoms with van der Waals surface area (Å²) < 4.78 is 30.3. The van der Waals surface area contributed by atoms with Gasteiger partial charge in [-0.15, -0.1) is 0 Å². The van der Waals surface area contributed by atoms with Crippen molar-refractivity contribution in [3.63, 3.8) is 0 Å². The van der Waals surface area contributed by atoms with Gasteiger partial charge in [-0.3, -0.25) is 4.90 Å². The molecule has 0 aromatic heterocycles. The Bertz CT molecular complexity index is 3150. The van der Waals surface area contributed by atoms with Crippen LogP contribution in [0.2, 0.25) is 0 Å². The number of nitrogens with zero attached hydrogens (tertiary/aromatic N) is 3. The van der Waals surface area contributed by atoms with E-state index in [1.54, 1.807) is 10.5 Å². The molecule has 8 aliphatic carbocycles. The number of ether oxygens (including phenoxy) is 5. The number of fused-ring (bicyclic) bond motifs is 10. The minimum atomic E-state index is -0.989. The van der Waals surface area contributed by atoms with Crippen molar-refractivity contribution < 1.29 is 48.3 Å². The molecule has 0 spiro atoms. The van der Waals surface area contributed by atoms with Crippen molar-refractivity contribution in [3.8, 4) is 0 Å². The van der Waals surface area contributed by atoms with Crippen LogP contribution in [-0.2, 0) is 23.7 Å². The Hall–Kier alpha value is -2.97. The zero-order chi connectivity index (χ0) is 102. The van der Waals surface area contributed by atoms with Gasteiger partial charge >= 0.3 is 18.3 Å². The van der Waals surface area contributed by atoms with Crippen LogP contribution in [0.4, 0.5) is 14.4 Å². The first kappa shape index (κ1) is 126. The molecule has 3 amide bonds. The maximum Gasteiger partial charge on any atom is 0.410 e. The summed E-state index contributed by atoms with van der Waals surface area (Å²) in [4.78, 5) is 45.3. The molecule has 140 heavy (non-hydrogen) atoms. The highest BCUT2D eigenvalue weighted by Gasteiger charge is 2.62. The van der Waals surface area contributed by atoms with Crippen LogP contribution < -0.4 is 50.4 Å². The molecule has 0 radical (unpaired) electrons. The number of amides is 3. The number of aliphatic hydroxyl groups excluding tert-OH is 2. The van der Waals surface area contributed by atoms with Crippen molar-refractivity contribution in [2.45, 2.75) is 486 Å². The van der Waals surface area contributed by atoms with E-state index in [2.05, 4.69) is 105 Å². The van der Waals surface area contributed by atoms with Gasteiger partial charge in [-0.05, 0) is 350 Å². The lowest BCUT2D eigenvalue weighted by Crippen LogP contribution is -2.56. The van der Waals surface area contributed by atoms with Gasteiger partial charge in [0.15, 0.2) is 0 Å². The van der Waals surface area contributed by atoms with Crippen LogP contribution in [0, 0.1) is 98.6 Å². The summed E-state index contributed by atoms with van der Waals surface area (Å²) in [6, 6.07) is -0.807. The van der Waals surface area contributed by atoms with Crippen LogP contribution in [0.15, 0.2) is 11.6 Å². The summed E-state index contributed by atoms with van der Waals surface area (Å²) in [6.45, 7) is 43.2. The fourth-order valence-electron chi connectivity index (χ4n) is 28.1. The molecule has 8 rings (SSSR count). The predicted octanol–water partition coefficient (Wildman–Crippen LogP) is 24.5. The second-order valence-corrected chi connectivity index (χ2v) is 47.9. The van der Waals surface area contributed by atoms with Gasteiger partial charge in [-0.25, -0.2) is 14.4 Å². The molecular weight excluding hydrogens is 1750 g/mol. The van der Waals surface area contributed by atoms with E-state index in [1.807, 2.05) is 9.80 Å². The molecule has 0 aromatic rings. The lowest BCUT2D eigenvalue weighted by atomic mass is 9.44. The largest absolute Gasteiger partial charge is 0.447 e. The van der Waals surface area contributed by atoms with Gasteiger partial charge in [-0.2, -0.15) is 0 Å². The number of hydrogen-bond acceptors (Lipinski definition) is 19. The van der Waals surface area contributed by atoms with Crippen LogP contribution in [0.3, 0.4) is 0 Å². The van der Waals surface area contributed by atoms with Gasteiger partial charge in [0.2, 0.25) is 0 Å². The summed E-state index contributed by atoms with van der Waals surface area (Å²) in [5.74, 6) is 10.8. The Morgan fingerprint density at radius 2 is 0.871 bits per heavy atom. The first-order valence-electron chi connectivity index (χ1n) is 60.2. The molecule has 7 saturated carbocycles. The summed E-state index contributed by atoms with van der Waals surface area (Å²) in [5, 5.41) is 31.1. The Kier molecular flexibility index (Phi) is 65.8. The number of allylic oxidation sites excluding steroid dienone is 1. The lowest BCUT2D eigenvalue weighted by molar-refractivity contribution is -0.130. The highest BCUT2D eigenvalue weighted by molar-refractivity contribution is 5.68. The highest BCUT2D eigenvalue weighted by Crippen LogP contribution is 2.70. The summed E-state index contributed by atoms with van der Waals surface area (Å²) in [6.07, 6.45) is 70.9. The minimum Gasteiger partial charge on any atom is -0.447 e. The normalized spacial score (nSPS) is 26.8. The number of rotatable bonds is 76. The highest BCUT2D eigenvalue weighted by atomic mass is 16.6. The van der Waals surface area contributed by atoms with E-state index in [9.17, 15) is 24.6 Å². The van der Waals surface area contributed by atoms with Crippen LogP contribution >= 0.6 is 0 Å². The first-order chi connectivity index (χ1) is 67.8. The number of nitrogens with one attached hydrogen (secondary N) is 3. The minimum absolute atomic E-state index is 0.00749. The van der Waals surface area contributed by atoms with E-state index in [0.717, 1.165) is 265 Å². The van der Waals surface area contributed by atoms with Crippen LogP contribution in [0.1, 0.15) is 455 Å². The molecule has 0 heterocycles. The monoisotopic (exact) mass is 1980 g/mol. The molecule has 822 valence electrons. The number of nitrogens with two attached hydrogens (primary N) is 6. The van der Waals surface area contributed by atoms with Crippen LogP contribution in [0.5, 0.6) is 0 Å². The molecular formula is C118H230N12O10. The zero-order valence-corrected chi connectivity index (χ0v) is 93.3. The molecule has 17 N–H and O–H groups in total. The maximum absolute atomic E-state index is 13.3. The Morgan fingerprint density at radius 1 is 0.429 bits per heavy atom. The molecule has 22 nitrogen and oxygen atoms in total. The smallest absolute Gasteiger partial charge is 0.410 e. The molecule has 0 bridgehead atoms. The Morgan fingerprint density at radius 3 is 1.40 bits per heavy atom. The van der Waals surface area contributed by atoms with Gasteiger partial charge in [0.25, 0.3) is 0 Å². The third-order valence-electron chi connectivity index (χ3n) is 36.6. The molecule has 20 atom stereocenters.